The Bertz CT molecular complexity index is 1180. The topological polar surface area (TPSA) is 55.3 Å². The summed E-state index contributed by atoms with van der Waals surface area (Å²) in [5.74, 6) is 0.796. The summed E-state index contributed by atoms with van der Waals surface area (Å²) in [4.78, 5) is 23.8. The number of piperidine rings is 1. The van der Waals surface area contributed by atoms with Gasteiger partial charge in [-0.25, -0.2) is 4.98 Å². The van der Waals surface area contributed by atoms with Gasteiger partial charge in [0.05, 0.1) is 5.52 Å². The molecule has 0 bridgehead atoms. The number of amides is 1. The fourth-order valence-electron chi connectivity index (χ4n) is 3.87. The van der Waals surface area contributed by atoms with E-state index in [4.69, 9.17) is 4.74 Å². The average molecular weight is 383 g/mol. The van der Waals surface area contributed by atoms with Gasteiger partial charge in [0.25, 0.3) is 5.91 Å². The van der Waals surface area contributed by atoms with Crippen molar-refractivity contribution in [1.29, 1.82) is 0 Å². The standard InChI is InChI=1S/C24H21N3O2/c28-24(21-11-10-17-5-1-2-8-20(17)26-21)27-15-12-19(13-16-27)29-22-9-3-6-18-7-4-14-25-23(18)22/h1-11,14,19H,12-13,15-16H2. The predicted octanol–water partition coefficient (Wildman–Crippen LogP) is 4.47. The van der Waals surface area contributed by atoms with E-state index in [0.717, 1.165) is 40.4 Å². The zero-order chi connectivity index (χ0) is 19.6. The summed E-state index contributed by atoms with van der Waals surface area (Å²) in [6, 6.07) is 21.6. The molecule has 2 aromatic heterocycles. The Labute approximate surface area is 169 Å². The maximum absolute atomic E-state index is 12.9. The van der Waals surface area contributed by atoms with Gasteiger partial charge in [0.1, 0.15) is 23.1 Å². The monoisotopic (exact) mass is 383 g/mol. The molecule has 0 radical (unpaired) electrons. The zero-order valence-corrected chi connectivity index (χ0v) is 16.0. The molecule has 1 amide bonds. The fourth-order valence-corrected chi connectivity index (χ4v) is 3.87. The van der Waals surface area contributed by atoms with Crippen molar-refractivity contribution in [3.8, 4) is 5.75 Å². The first kappa shape index (κ1) is 17.6. The van der Waals surface area contributed by atoms with Gasteiger partial charge < -0.3 is 9.64 Å². The molecule has 0 N–H and O–H groups in total. The SMILES string of the molecule is O=C(c1ccc2ccccc2n1)N1CCC(Oc2cccc3cccnc23)CC1. The Hall–Kier alpha value is -3.47. The van der Waals surface area contributed by atoms with E-state index >= 15 is 0 Å². The number of ether oxygens (including phenoxy) is 1. The lowest BCUT2D eigenvalue weighted by atomic mass is 10.1. The summed E-state index contributed by atoms with van der Waals surface area (Å²) in [5, 5.41) is 2.11. The van der Waals surface area contributed by atoms with Crippen LogP contribution in [-0.2, 0) is 0 Å². The Morgan fingerprint density at radius 1 is 0.897 bits per heavy atom. The van der Waals surface area contributed by atoms with Crippen molar-refractivity contribution in [3.05, 3.63) is 78.6 Å². The summed E-state index contributed by atoms with van der Waals surface area (Å²) in [5.41, 5.74) is 2.23. The van der Waals surface area contributed by atoms with Gasteiger partial charge in [0.2, 0.25) is 0 Å². The minimum absolute atomic E-state index is 0.0129. The number of rotatable bonds is 3. The molecule has 0 unspecified atom stereocenters. The highest BCUT2D eigenvalue weighted by atomic mass is 16.5. The van der Waals surface area contributed by atoms with Crippen LogP contribution < -0.4 is 4.74 Å². The van der Waals surface area contributed by atoms with Crippen LogP contribution in [0.1, 0.15) is 23.3 Å². The maximum atomic E-state index is 12.9. The molecule has 29 heavy (non-hydrogen) atoms. The second-order valence-corrected chi connectivity index (χ2v) is 7.33. The molecule has 1 fully saturated rings. The second-order valence-electron chi connectivity index (χ2n) is 7.33. The molecule has 0 spiro atoms. The molecule has 3 heterocycles. The number of pyridine rings is 2. The Morgan fingerprint density at radius 2 is 1.69 bits per heavy atom. The summed E-state index contributed by atoms with van der Waals surface area (Å²) in [6.45, 7) is 1.33. The van der Waals surface area contributed by atoms with Crippen LogP contribution in [-0.4, -0.2) is 40.0 Å². The minimum atomic E-state index is -0.0129. The van der Waals surface area contributed by atoms with E-state index in [9.17, 15) is 4.79 Å². The lowest BCUT2D eigenvalue weighted by Crippen LogP contribution is -2.42. The molecule has 144 valence electrons. The van der Waals surface area contributed by atoms with Crippen molar-refractivity contribution < 1.29 is 9.53 Å². The molecule has 2 aromatic carbocycles. The summed E-state index contributed by atoms with van der Waals surface area (Å²) in [7, 11) is 0. The van der Waals surface area contributed by atoms with E-state index in [2.05, 4.69) is 9.97 Å². The van der Waals surface area contributed by atoms with Gasteiger partial charge in [-0.05, 0) is 24.3 Å². The molecule has 5 nitrogen and oxygen atoms in total. The number of hydrogen-bond acceptors (Lipinski definition) is 4. The van der Waals surface area contributed by atoms with Crippen molar-refractivity contribution in [2.24, 2.45) is 0 Å². The van der Waals surface area contributed by atoms with Crippen LogP contribution >= 0.6 is 0 Å². The van der Waals surface area contributed by atoms with Gasteiger partial charge in [-0.2, -0.15) is 0 Å². The molecule has 0 atom stereocenters. The normalized spacial score (nSPS) is 15.0. The summed E-state index contributed by atoms with van der Waals surface area (Å²) >= 11 is 0. The van der Waals surface area contributed by atoms with E-state index < -0.39 is 0 Å². The fraction of sp³-hybridized carbons (Fsp3) is 0.208. The number of para-hydroxylation sites is 2. The van der Waals surface area contributed by atoms with Crippen LogP contribution in [0.15, 0.2) is 72.9 Å². The molecule has 1 aliphatic heterocycles. The van der Waals surface area contributed by atoms with Crippen LogP contribution in [0.25, 0.3) is 21.8 Å². The molecular weight excluding hydrogens is 362 g/mol. The van der Waals surface area contributed by atoms with Crippen molar-refractivity contribution >= 4 is 27.7 Å². The summed E-state index contributed by atoms with van der Waals surface area (Å²) < 4.78 is 6.24. The molecule has 5 heteroatoms. The van der Waals surface area contributed by atoms with Gasteiger partial charge in [-0.1, -0.05) is 42.5 Å². The van der Waals surface area contributed by atoms with Gasteiger partial charge in [-0.15, -0.1) is 0 Å². The first-order chi connectivity index (χ1) is 14.3. The molecule has 1 aliphatic rings. The number of aromatic nitrogens is 2. The highest BCUT2D eigenvalue weighted by molar-refractivity contribution is 5.95. The minimum Gasteiger partial charge on any atom is -0.488 e. The maximum Gasteiger partial charge on any atom is 0.272 e. The van der Waals surface area contributed by atoms with Crippen LogP contribution in [0.3, 0.4) is 0 Å². The highest BCUT2D eigenvalue weighted by Crippen LogP contribution is 2.26. The number of likely N-dealkylation sites (tertiary alicyclic amines) is 1. The van der Waals surface area contributed by atoms with E-state index in [0.29, 0.717) is 18.8 Å². The third-order valence-electron chi connectivity index (χ3n) is 5.44. The van der Waals surface area contributed by atoms with Crippen molar-refractivity contribution in [3.63, 3.8) is 0 Å². The number of nitrogens with zero attached hydrogens (tertiary/aromatic N) is 3. The average Bonchev–Trinajstić information content (AvgIpc) is 2.79. The first-order valence-electron chi connectivity index (χ1n) is 9.93. The van der Waals surface area contributed by atoms with Gasteiger partial charge >= 0.3 is 0 Å². The number of fused-ring (bicyclic) bond motifs is 2. The van der Waals surface area contributed by atoms with E-state index in [1.54, 1.807) is 6.20 Å². The van der Waals surface area contributed by atoms with Crippen LogP contribution in [0.5, 0.6) is 5.75 Å². The van der Waals surface area contributed by atoms with Crippen LogP contribution in [0.4, 0.5) is 0 Å². The third kappa shape index (κ3) is 3.51. The number of hydrogen-bond donors (Lipinski definition) is 0. The Kier molecular flexibility index (Phi) is 4.56. The summed E-state index contributed by atoms with van der Waals surface area (Å²) in [6.07, 6.45) is 3.45. The van der Waals surface area contributed by atoms with E-state index in [-0.39, 0.29) is 12.0 Å². The van der Waals surface area contributed by atoms with Gasteiger partial charge in [0.15, 0.2) is 0 Å². The van der Waals surface area contributed by atoms with Crippen molar-refractivity contribution in [1.82, 2.24) is 14.9 Å². The van der Waals surface area contributed by atoms with Gasteiger partial charge in [0, 0.05) is 42.9 Å². The van der Waals surface area contributed by atoms with Gasteiger partial charge in [-0.3, -0.25) is 9.78 Å². The lowest BCUT2D eigenvalue weighted by molar-refractivity contribution is 0.0592. The highest BCUT2D eigenvalue weighted by Gasteiger charge is 2.26. The molecule has 1 saturated heterocycles. The van der Waals surface area contributed by atoms with E-state index in [1.807, 2.05) is 71.6 Å². The number of benzene rings is 2. The smallest absolute Gasteiger partial charge is 0.272 e. The first-order valence-corrected chi connectivity index (χ1v) is 9.93. The Balaban J connectivity index is 1.26. The van der Waals surface area contributed by atoms with Crippen LogP contribution in [0.2, 0.25) is 0 Å². The number of carbonyl (C=O) groups is 1. The quantitative estimate of drug-likeness (QED) is 0.524. The molecule has 0 aliphatic carbocycles. The van der Waals surface area contributed by atoms with Crippen molar-refractivity contribution in [2.45, 2.75) is 18.9 Å². The molecule has 0 saturated carbocycles. The predicted molar refractivity (Wildman–Crippen MR) is 113 cm³/mol. The van der Waals surface area contributed by atoms with Crippen LogP contribution in [0, 0.1) is 0 Å². The Morgan fingerprint density at radius 3 is 2.59 bits per heavy atom. The molecular formula is C24H21N3O2. The van der Waals surface area contributed by atoms with E-state index in [1.165, 1.54) is 0 Å². The number of carbonyl (C=O) groups excluding carboxylic acids is 1. The third-order valence-corrected chi connectivity index (χ3v) is 5.44. The molecule has 4 aromatic rings. The zero-order valence-electron chi connectivity index (χ0n) is 16.0. The lowest BCUT2D eigenvalue weighted by Gasteiger charge is -2.32. The second kappa shape index (κ2) is 7.51. The van der Waals surface area contributed by atoms with Crippen molar-refractivity contribution in [2.75, 3.05) is 13.1 Å². The largest absolute Gasteiger partial charge is 0.488 e. The molecule has 5 rings (SSSR count).